The van der Waals surface area contributed by atoms with Gasteiger partial charge in [0.05, 0.1) is 30.6 Å². The largest absolute Gasteiger partial charge is 0.377 e. The summed E-state index contributed by atoms with van der Waals surface area (Å²) >= 11 is 0. The zero-order valence-corrected chi connectivity index (χ0v) is 14.3. The van der Waals surface area contributed by atoms with E-state index in [0.717, 1.165) is 62.2 Å². The monoisotopic (exact) mass is 341 g/mol. The number of ether oxygens (including phenoxy) is 1. The Balaban J connectivity index is 1.78. The highest BCUT2D eigenvalue weighted by Gasteiger charge is 2.26. The SMILES string of the molecule is C[C@H]1COCCN1c1nc(-c2ccc(NO)cc2)nc2c1CCNC2. The smallest absolute Gasteiger partial charge is 0.161 e. The van der Waals surface area contributed by atoms with Crippen molar-refractivity contribution in [2.24, 2.45) is 0 Å². The Labute approximate surface area is 147 Å². The van der Waals surface area contributed by atoms with Crippen LogP contribution in [0, 0.1) is 0 Å². The van der Waals surface area contributed by atoms with E-state index in [0.29, 0.717) is 11.7 Å². The van der Waals surface area contributed by atoms with E-state index in [2.05, 4.69) is 22.6 Å². The van der Waals surface area contributed by atoms with Crippen LogP contribution in [0.4, 0.5) is 11.5 Å². The number of morpholine rings is 1. The van der Waals surface area contributed by atoms with Crippen molar-refractivity contribution in [1.82, 2.24) is 15.3 Å². The lowest BCUT2D eigenvalue weighted by Crippen LogP contribution is -2.45. The molecule has 0 unspecified atom stereocenters. The summed E-state index contributed by atoms with van der Waals surface area (Å²) in [6.07, 6.45) is 0.947. The van der Waals surface area contributed by atoms with Crippen molar-refractivity contribution in [2.75, 3.05) is 36.7 Å². The van der Waals surface area contributed by atoms with Gasteiger partial charge in [-0.25, -0.2) is 9.97 Å². The van der Waals surface area contributed by atoms with Gasteiger partial charge >= 0.3 is 0 Å². The molecule has 2 aliphatic rings. The third kappa shape index (κ3) is 3.18. The van der Waals surface area contributed by atoms with Crippen molar-refractivity contribution in [3.63, 3.8) is 0 Å². The first-order valence-corrected chi connectivity index (χ1v) is 8.71. The number of rotatable bonds is 3. The lowest BCUT2D eigenvalue weighted by Gasteiger charge is -2.36. The van der Waals surface area contributed by atoms with Crippen LogP contribution in [0.2, 0.25) is 0 Å². The van der Waals surface area contributed by atoms with Gasteiger partial charge in [0, 0.05) is 24.2 Å². The number of hydrogen-bond donors (Lipinski definition) is 3. The molecule has 0 bridgehead atoms. The van der Waals surface area contributed by atoms with Crippen molar-refractivity contribution in [1.29, 1.82) is 0 Å². The molecule has 3 N–H and O–H groups in total. The van der Waals surface area contributed by atoms with Crippen LogP contribution in [0.25, 0.3) is 11.4 Å². The third-order valence-electron chi connectivity index (χ3n) is 4.83. The molecule has 132 valence electrons. The minimum absolute atomic E-state index is 0.302. The minimum Gasteiger partial charge on any atom is -0.377 e. The van der Waals surface area contributed by atoms with Crippen LogP contribution in [-0.2, 0) is 17.7 Å². The van der Waals surface area contributed by atoms with Crippen molar-refractivity contribution in [2.45, 2.75) is 25.9 Å². The number of anilines is 2. The summed E-state index contributed by atoms with van der Waals surface area (Å²) in [5, 5.41) is 12.4. The molecule has 1 atom stereocenters. The molecule has 1 aromatic carbocycles. The van der Waals surface area contributed by atoms with Crippen LogP contribution in [-0.4, -0.2) is 47.5 Å². The van der Waals surface area contributed by atoms with Gasteiger partial charge in [-0.05, 0) is 44.2 Å². The average Bonchev–Trinajstić information content (AvgIpc) is 2.68. The van der Waals surface area contributed by atoms with Crippen LogP contribution in [0.5, 0.6) is 0 Å². The van der Waals surface area contributed by atoms with Gasteiger partial charge in [0.2, 0.25) is 0 Å². The summed E-state index contributed by atoms with van der Waals surface area (Å²) in [6.45, 7) is 6.21. The Morgan fingerprint density at radius 3 is 2.88 bits per heavy atom. The molecule has 1 aromatic heterocycles. The molecule has 0 spiro atoms. The molecule has 4 rings (SSSR count). The summed E-state index contributed by atoms with van der Waals surface area (Å²) < 4.78 is 5.59. The predicted molar refractivity (Wildman–Crippen MR) is 95.9 cm³/mol. The second-order valence-corrected chi connectivity index (χ2v) is 6.53. The quantitative estimate of drug-likeness (QED) is 0.735. The number of aromatic nitrogens is 2. The van der Waals surface area contributed by atoms with Gasteiger partial charge in [-0.1, -0.05) is 0 Å². The molecule has 7 nitrogen and oxygen atoms in total. The molecule has 7 heteroatoms. The molecule has 25 heavy (non-hydrogen) atoms. The Morgan fingerprint density at radius 2 is 2.12 bits per heavy atom. The summed E-state index contributed by atoms with van der Waals surface area (Å²) in [6, 6.07) is 7.77. The lowest BCUT2D eigenvalue weighted by atomic mass is 10.0. The summed E-state index contributed by atoms with van der Waals surface area (Å²) in [7, 11) is 0. The fourth-order valence-electron chi connectivity index (χ4n) is 3.44. The normalized spacial score (nSPS) is 20.2. The van der Waals surface area contributed by atoms with Crippen LogP contribution in [0.1, 0.15) is 18.2 Å². The number of benzene rings is 1. The summed E-state index contributed by atoms with van der Waals surface area (Å²) in [5.74, 6) is 1.77. The molecule has 0 radical (unpaired) electrons. The number of fused-ring (bicyclic) bond motifs is 1. The zero-order valence-electron chi connectivity index (χ0n) is 14.3. The van der Waals surface area contributed by atoms with Crippen LogP contribution in [0.3, 0.4) is 0 Å². The summed E-state index contributed by atoms with van der Waals surface area (Å²) in [5.41, 5.74) is 6.07. The lowest BCUT2D eigenvalue weighted by molar-refractivity contribution is 0.0984. The van der Waals surface area contributed by atoms with Gasteiger partial charge < -0.3 is 15.0 Å². The minimum atomic E-state index is 0.302. The van der Waals surface area contributed by atoms with Crippen LogP contribution < -0.4 is 15.7 Å². The Kier molecular flexibility index (Phi) is 4.52. The second kappa shape index (κ2) is 6.95. The van der Waals surface area contributed by atoms with Gasteiger partial charge in [0.1, 0.15) is 5.82 Å². The Hall–Kier alpha value is -2.22. The van der Waals surface area contributed by atoms with E-state index in [-0.39, 0.29) is 0 Å². The molecule has 1 fully saturated rings. The molecular weight excluding hydrogens is 318 g/mol. The molecule has 0 aliphatic carbocycles. The first-order valence-electron chi connectivity index (χ1n) is 8.71. The molecule has 1 saturated heterocycles. The molecular formula is C18H23N5O2. The fraction of sp³-hybridized carbons (Fsp3) is 0.444. The zero-order chi connectivity index (χ0) is 17.2. The maximum Gasteiger partial charge on any atom is 0.161 e. The van der Waals surface area contributed by atoms with E-state index in [1.807, 2.05) is 24.3 Å². The second-order valence-electron chi connectivity index (χ2n) is 6.53. The standard InChI is InChI=1S/C18H23N5O2/c1-12-11-25-9-8-23(12)18-15-6-7-19-10-16(15)20-17(21-18)13-2-4-14(22-24)5-3-13/h2-5,12,19,22,24H,6-11H2,1H3/t12-/m0/s1. The third-order valence-corrected chi connectivity index (χ3v) is 4.83. The van der Waals surface area contributed by atoms with E-state index in [9.17, 15) is 0 Å². The first kappa shape index (κ1) is 16.3. The van der Waals surface area contributed by atoms with E-state index in [4.69, 9.17) is 19.9 Å². The fourth-order valence-corrected chi connectivity index (χ4v) is 3.44. The summed E-state index contributed by atoms with van der Waals surface area (Å²) in [4.78, 5) is 12.1. The topological polar surface area (TPSA) is 82.5 Å². The van der Waals surface area contributed by atoms with Gasteiger partial charge in [-0.2, -0.15) is 0 Å². The maximum absolute atomic E-state index is 8.99. The highest BCUT2D eigenvalue weighted by molar-refractivity contribution is 5.63. The predicted octanol–water partition coefficient (Wildman–Crippen LogP) is 1.82. The van der Waals surface area contributed by atoms with Crippen molar-refractivity contribution < 1.29 is 9.94 Å². The van der Waals surface area contributed by atoms with Gasteiger partial charge in [-0.15, -0.1) is 0 Å². The maximum atomic E-state index is 8.99. The number of nitrogens with one attached hydrogen (secondary N) is 2. The van der Waals surface area contributed by atoms with Crippen molar-refractivity contribution in [3.8, 4) is 11.4 Å². The van der Waals surface area contributed by atoms with Crippen LogP contribution in [0.15, 0.2) is 24.3 Å². The molecule has 2 aliphatic heterocycles. The average molecular weight is 341 g/mol. The highest BCUT2D eigenvalue weighted by atomic mass is 16.5. The molecule has 0 amide bonds. The van der Waals surface area contributed by atoms with E-state index < -0.39 is 0 Å². The van der Waals surface area contributed by atoms with Gasteiger partial charge in [0.15, 0.2) is 5.82 Å². The molecule has 3 heterocycles. The van der Waals surface area contributed by atoms with Crippen molar-refractivity contribution in [3.05, 3.63) is 35.5 Å². The van der Waals surface area contributed by atoms with E-state index in [1.54, 1.807) is 0 Å². The van der Waals surface area contributed by atoms with Gasteiger partial charge in [0.25, 0.3) is 0 Å². The van der Waals surface area contributed by atoms with Crippen molar-refractivity contribution >= 4 is 11.5 Å². The highest BCUT2D eigenvalue weighted by Crippen LogP contribution is 2.30. The number of nitrogens with zero attached hydrogens (tertiary/aromatic N) is 3. The van der Waals surface area contributed by atoms with E-state index >= 15 is 0 Å². The van der Waals surface area contributed by atoms with Crippen LogP contribution >= 0.6 is 0 Å². The molecule has 2 aromatic rings. The first-order chi connectivity index (χ1) is 12.3. The number of hydrogen-bond acceptors (Lipinski definition) is 7. The Bertz CT molecular complexity index is 750. The molecule has 0 saturated carbocycles. The van der Waals surface area contributed by atoms with E-state index in [1.165, 1.54) is 5.56 Å². The Morgan fingerprint density at radius 1 is 1.28 bits per heavy atom. The van der Waals surface area contributed by atoms with Gasteiger partial charge in [-0.3, -0.25) is 10.7 Å².